The van der Waals surface area contributed by atoms with Crippen molar-refractivity contribution >= 4 is 11.9 Å². The van der Waals surface area contributed by atoms with Crippen LogP contribution in [-0.2, 0) is 16.0 Å². The van der Waals surface area contributed by atoms with Crippen LogP contribution in [0, 0.1) is 0 Å². The van der Waals surface area contributed by atoms with E-state index < -0.39 is 5.97 Å². The minimum Gasteiger partial charge on any atom is -0.494 e. The van der Waals surface area contributed by atoms with E-state index in [2.05, 4.69) is 0 Å². The molecule has 0 bridgehead atoms. The molecule has 20 heavy (non-hydrogen) atoms. The van der Waals surface area contributed by atoms with Gasteiger partial charge in [0.2, 0.25) is 5.91 Å². The smallest absolute Gasteiger partial charge is 0.323 e. The molecule has 1 amide bonds. The van der Waals surface area contributed by atoms with E-state index >= 15 is 0 Å². The lowest BCUT2D eigenvalue weighted by molar-refractivity contribution is -0.144. The van der Waals surface area contributed by atoms with Gasteiger partial charge in [0.05, 0.1) is 13.0 Å². The fraction of sp³-hybridized carbons (Fsp3) is 0.467. The average Bonchev–Trinajstić information content (AvgIpc) is 2.40. The molecule has 0 unspecified atom stereocenters. The number of nitrogens with zero attached hydrogens (tertiary/aromatic N) is 1. The van der Waals surface area contributed by atoms with Crippen LogP contribution >= 0.6 is 0 Å². The topological polar surface area (TPSA) is 66.8 Å². The monoisotopic (exact) mass is 279 g/mol. The van der Waals surface area contributed by atoms with Crippen LogP contribution in [0.2, 0.25) is 0 Å². The number of hydrogen-bond acceptors (Lipinski definition) is 3. The minimum atomic E-state index is -0.988. The van der Waals surface area contributed by atoms with Crippen LogP contribution in [0.5, 0.6) is 5.75 Å². The zero-order chi connectivity index (χ0) is 15.0. The summed E-state index contributed by atoms with van der Waals surface area (Å²) in [6.45, 7) is 4.64. The summed E-state index contributed by atoms with van der Waals surface area (Å²) in [5.74, 6) is -0.392. The van der Waals surface area contributed by atoms with Crippen molar-refractivity contribution in [3.63, 3.8) is 0 Å². The number of carboxylic acids is 1. The highest BCUT2D eigenvalue weighted by atomic mass is 16.5. The van der Waals surface area contributed by atoms with Crippen LogP contribution in [0.1, 0.15) is 25.8 Å². The number of benzene rings is 1. The molecule has 0 aromatic heterocycles. The summed E-state index contributed by atoms with van der Waals surface area (Å²) in [4.78, 5) is 24.2. The van der Waals surface area contributed by atoms with Gasteiger partial charge in [-0.05, 0) is 31.0 Å². The lowest BCUT2D eigenvalue weighted by atomic mass is 10.1. The molecule has 0 fully saturated rings. The van der Waals surface area contributed by atoms with Gasteiger partial charge in [-0.15, -0.1) is 0 Å². The molecule has 0 spiro atoms. The molecule has 0 atom stereocenters. The van der Waals surface area contributed by atoms with Crippen molar-refractivity contribution in [1.29, 1.82) is 0 Å². The molecule has 1 rings (SSSR count). The molecule has 1 aromatic carbocycles. The minimum absolute atomic E-state index is 0.168. The molecule has 5 nitrogen and oxygen atoms in total. The number of aliphatic carboxylic acids is 1. The number of hydrogen-bond donors (Lipinski definition) is 1. The van der Waals surface area contributed by atoms with Crippen molar-refractivity contribution in [2.75, 3.05) is 19.7 Å². The van der Waals surface area contributed by atoms with Crippen LogP contribution in [0.25, 0.3) is 0 Å². The molecule has 0 aliphatic carbocycles. The molecule has 0 radical (unpaired) electrons. The number of ether oxygens (including phenoxy) is 1. The Kier molecular flexibility index (Phi) is 6.56. The van der Waals surface area contributed by atoms with Crippen molar-refractivity contribution in [3.8, 4) is 5.75 Å². The zero-order valence-corrected chi connectivity index (χ0v) is 12.0. The predicted molar refractivity (Wildman–Crippen MR) is 75.8 cm³/mol. The number of amides is 1. The van der Waals surface area contributed by atoms with Gasteiger partial charge in [-0.1, -0.05) is 19.1 Å². The molecule has 5 heteroatoms. The molecule has 0 saturated carbocycles. The first-order chi connectivity index (χ1) is 9.56. The Bertz CT molecular complexity index is 442. The van der Waals surface area contributed by atoms with Crippen LogP contribution in [0.15, 0.2) is 24.3 Å². The van der Waals surface area contributed by atoms with E-state index in [1.807, 2.05) is 38.1 Å². The Morgan fingerprint density at radius 3 is 2.35 bits per heavy atom. The van der Waals surface area contributed by atoms with Crippen molar-refractivity contribution in [1.82, 2.24) is 4.90 Å². The Morgan fingerprint density at radius 1 is 1.20 bits per heavy atom. The summed E-state index contributed by atoms with van der Waals surface area (Å²) in [6.07, 6.45) is 0.946. The van der Waals surface area contributed by atoms with Gasteiger partial charge in [0.15, 0.2) is 0 Å². The predicted octanol–water partition coefficient (Wildman–Crippen LogP) is 1.95. The van der Waals surface area contributed by atoms with Gasteiger partial charge < -0.3 is 14.7 Å². The largest absolute Gasteiger partial charge is 0.494 e. The van der Waals surface area contributed by atoms with Gasteiger partial charge in [0.1, 0.15) is 12.3 Å². The Balaban J connectivity index is 2.64. The van der Waals surface area contributed by atoms with E-state index in [9.17, 15) is 9.59 Å². The fourth-order valence-corrected chi connectivity index (χ4v) is 1.88. The van der Waals surface area contributed by atoms with Crippen molar-refractivity contribution in [2.24, 2.45) is 0 Å². The Labute approximate surface area is 119 Å². The first kappa shape index (κ1) is 16.0. The van der Waals surface area contributed by atoms with Crippen LogP contribution < -0.4 is 4.74 Å². The summed E-state index contributed by atoms with van der Waals surface area (Å²) in [6, 6.07) is 7.28. The summed E-state index contributed by atoms with van der Waals surface area (Å²) in [7, 11) is 0. The summed E-state index contributed by atoms with van der Waals surface area (Å²) >= 11 is 0. The number of carbonyl (C=O) groups excluding carboxylic acids is 1. The van der Waals surface area contributed by atoms with E-state index in [0.717, 1.165) is 17.7 Å². The van der Waals surface area contributed by atoms with Crippen molar-refractivity contribution < 1.29 is 19.4 Å². The van der Waals surface area contributed by atoms with E-state index in [1.165, 1.54) is 4.90 Å². The summed E-state index contributed by atoms with van der Waals surface area (Å²) < 4.78 is 5.33. The quantitative estimate of drug-likeness (QED) is 0.790. The third-order valence-electron chi connectivity index (χ3n) is 2.76. The van der Waals surface area contributed by atoms with E-state index in [1.54, 1.807) is 0 Å². The molecule has 0 heterocycles. The lowest BCUT2D eigenvalue weighted by Crippen LogP contribution is -2.37. The first-order valence-corrected chi connectivity index (χ1v) is 6.78. The second-order valence-electron chi connectivity index (χ2n) is 4.46. The number of rotatable bonds is 8. The standard InChI is InChI=1S/C15H21NO4/c1-3-9-16(11-15(18)19)14(17)10-12-5-7-13(8-6-12)20-4-2/h5-8H,3-4,9-11H2,1-2H3,(H,18,19). The third kappa shape index (κ3) is 5.30. The maximum Gasteiger partial charge on any atom is 0.323 e. The van der Waals surface area contributed by atoms with Crippen molar-refractivity contribution in [2.45, 2.75) is 26.7 Å². The van der Waals surface area contributed by atoms with Crippen LogP contribution in [0.3, 0.4) is 0 Å². The summed E-state index contributed by atoms with van der Waals surface area (Å²) in [5, 5.41) is 8.81. The molecule has 0 aliphatic heterocycles. The van der Waals surface area contributed by atoms with Gasteiger partial charge in [-0.3, -0.25) is 9.59 Å². The molecular weight excluding hydrogens is 258 g/mol. The maximum absolute atomic E-state index is 12.1. The number of carbonyl (C=O) groups is 2. The highest BCUT2D eigenvalue weighted by Crippen LogP contribution is 2.13. The molecule has 0 aliphatic rings. The Morgan fingerprint density at radius 2 is 1.85 bits per heavy atom. The van der Waals surface area contributed by atoms with Gasteiger partial charge in [0, 0.05) is 6.54 Å². The second-order valence-corrected chi connectivity index (χ2v) is 4.46. The first-order valence-electron chi connectivity index (χ1n) is 6.78. The highest BCUT2D eigenvalue weighted by Gasteiger charge is 2.16. The SMILES string of the molecule is CCCN(CC(=O)O)C(=O)Cc1ccc(OCC)cc1. The Hall–Kier alpha value is -2.04. The van der Waals surface area contributed by atoms with Gasteiger partial charge in [-0.2, -0.15) is 0 Å². The zero-order valence-electron chi connectivity index (χ0n) is 12.0. The highest BCUT2D eigenvalue weighted by molar-refractivity contribution is 5.83. The summed E-state index contributed by atoms with van der Waals surface area (Å²) in [5.41, 5.74) is 0.852. The van der Waals surface area contributed by atoms with Gasteiger partial charge >= 0.3 is 5.97 Å². The molecule has 1 aromatic rings. The number of carboxylic acid groups (broad SMARTS) is 1. The fourth-order valence-electron chi connectivity index (χ4n) is 1.88. The van der Waals surface area contributed by atoms with E-state index in [4.69, 9.17) is 9.84 Å². The third-order valence-corrected chi connectivity index (χ3v) is 2.76. The normalized spacial score (nSPS) is 10.1. The van der Waals surface area contributed by atoms with Gasteiger partial charge in [0.25, 0.3) is 0 Å². The van der Waals surface area contributed by atoms with Crippen LogP contribution in [-0.4, -0.2) is 41.6 Å². The van der Waals surface area contributed by atoms with Crippen molar-refractivity contribution in [3.05, 3.63) is 29.8 Å². The molecule has 110 valence electrons. The molecule has 1 N–H and O–H groups in total. The van der Waals surface area contributed by atoms with E-state index in [-0.39, 0.29) is 18.9 Å². The van der Waals surface area contributed by atoms with Gasteiger partial charge in [-0.25, -0.2) is 0 Å². The molecular formula is C15H21NO4. The average molecular weight is 279 g/mol. The second kappa shape index (κ2) is 8.19. The maximum atomic E-state index is 12.1. The lowest BCUT2D eigenvalue weighted by Gasteiger charge is -2.20. The van der Waals surface area contributed by atoms with E-state index in [0.29, 0.717) is 13.2 Å². The molecule has 0 saturated heterocycles. The van der Waals surface area contributed by atoms with Crippen LogP contribution in [0.4, 0.5) is 0 Å².